The van der Waals surface area contributed by atoms with Crippen LogP contribution in [0.2, 0.25) is 5.02 Å². The molecule has 2 aliphatic rings. The van der Waals surface area contributed by atoms with Crippen LogP contribution in [0.3, 0.4) is 0 Å². The molecular formula is C13H14ClN. The van der Waals surface area contributed by atoms with Crippen LogP contribution in [0.4, 0.5) is 0 Å². The highest BCUT2D eigenvalue weighted by molar-refractivity contribution is 6.32. The van der Waals surface area contributed by atoms with Crippen LogP contribution in [-0.2, 0) is 0 Å². The van der Waals surface area contributed by atoms with Gasteiger partial charge in [0, 0.05) is 11.6 Å². The predicted molar refractivity (Wildman–Crippen MR) is 63.9 cm³/mol. The van der Waals surface area contributed by atoms with Crippen LogP contribution in [0.1, 0.15) is 12.0 Å². The van der Waals surface area contributed by atoms with Gasteiger partial charge in [-0.3, -0.25) is 0 Å². The number of fused-ring (bicyclic) bond motifs is 1. The van der Waals surface area contributed by atoms with Crippen molar-refractivity contribution < 1.29 is 0 Å². The van der Waals surface area contributed by atoms with Crippen molar-refractivity contribution in [2.75, 3.05) is 13.1 Å². The van der Waals surface area contributed by atoms with Gasteiger partial charge >= 0.3 is 0 Å². The number of hydrogen-bond acceptors (Lipinski definition) is 1. The van der Waals surface area contributed by atoms with Crippen molar-refractivity contribution in [2.45, 2.75) is 6.42 Å². The Morgan fingerprint density at radius 2 is 2.07 bits per heavy atom. The average Bonchev–Trinajstić information content (AvgIpc) is 2.77. The molecule has 1 fully saturated rings. The summed E-state index contributed by atoms with van der Waals surface area (Å²) >= 11 is 6.20. The van der Waals surface area contributed by atoms with E-state index in [0.29, 0.717) is 0 Å². The van der Waals surface area contributed by atoms with Crippen LogP contribution in [0.15, 0.2) is 30.3 Å². The summed E-state index contributed by atoms with van der Waals surface area (Å²) < 4.78 is 0. The third-order valence-electron chi connectivity index (χ3n) is 3.51. The number of halogens is 1. The van der Waals surface area contributed by atoms with Gasteiger partial charge in [-0.2, -0.15) is 0 Å². The van der Waals surface area contributed by atoms with Crippen LogP contribution in [0.5, 0.6) is 0 Å². The van der Waals surface area contributed by atoms with Crippen molar-refractivity contribution in [1.82, 2.24) is 5.32 Å². The maximum absolute atomic E-state index is 6.20. The number of rotatable bonds is 1. The molecule has 0 radical (unpaired) electrons. The Bertz CT molecular complexity index is 411. The van der Waals surface area contributed by atoms with E-state index in [1.54, 1.807) is 0 Å². The van der Waals surface area contributed by atoms with Gasteiger partial charge in [-0.15, -0.1) is 0 Å². The van der Waals surface area contributed by atoms with E-state index in [9.17, 15) is 0 Å². The Labute approximate surface area is 95.1 Å². The largest absolute Gasteiger partial charge is 0.316 e. The fourth-order valence-electron chi connectivity index (χ4n) is 2.70. The lowest BCUT2D eigenvalue weighted by Crippen LogP contribution is -2.09. The van der Waals surface area contributed by atoms with Gasteiger partial charge < -0.3 is 5.32 Å². The molecule has 2 heteroatoms. The molecular weight excluding hydrogens is 206 g/mol. The quantitative estimate of drug-likeness (QED) is 0.766. The molecule has 0 bridgehead atoms. The van der Waals surface area contributed by atoms with Crippen molar-refractivity contribution in [3.63, 3.8) is 0 Å². The summed E-state index contributed by atoms with van der Waals surface area (Å²) in [6, 6.07) is 8.16. The van der Waals surface area contributed by atoms with Gasteiger partial charge in [-0.05, 0) is 42.0 Å². The minimum Gasteiger partial charge on any atom is -0.316 e. The van der Waals surface area contributed by atoms with E-state index in [1.807, 2.05) is 12.1 Å². The molecule has 1 N–H and O–H groups in total. The lowest BCUT2D eigenvalue weighted by Gasteiger charge is -2.07. The minimum absolute atomic E-state index is 0.733. The molecule has 0 spiro atoms. The van der Waals surface area contributed by atoms with Crippen LogP contribution in [0, 0.1) is 11.8 Å². The summed E-state index contributed by atoms with van der Waals surface area (Å²) in [4.78, 5) is 0. The first-order chi connectivity index (χ1) is 7.34. The highest BCUT2D eigenvalue weighted by atomic mass is 35.5. The summed E-state index contributed by atoms with van der Waals surface area (Å²) in [6.07, 6.45) is 3.59. The first-order valence-electron chi connectivity index (χ1n) is 5.51. The smallest absolute Gasteiger partial charge is 0.0481 e. The first kappa shape index (κ1) is 9.44. The summed E-state index contributed by atoms with van der Waals surface area (Å²) in [5.74, 6) is 1.53. The number of benzene rings is 1. The second kappa shape index (κ2) is 3.66. The van der Waals surface area contributed by atoms with Gasteiger partial charge in [-0.25, -0.2) is 0 Å². The van der Waals surface area contributed by atoms with Crippen LogP contribution in [-0.4, -0.2) is 13.1 Å². The van der Waals surface area contributed by atoms with Crippen LogP contribution < -0.4 is 5.32 Å². The van der Waals surface area contributed by atoms with Crippen molar-refractivity contribution >= 4 is 17.2 Å². The zero-order valence-corrected chi connectivity index (χ0v) is 9.30. The molecule has 0 aromatic heterocycles. The highest BCUT2D eigenvalue weighted by Gasteiger charge is 2.32. The molecule has 2 unspecified atom stereocenters. The molecule has 1 aromatic carbocycles. The highest BCUT2D eigenvalue weighted by Crippen LogP contribution is 2.40. The summed E-state index contributed by atoms with van der Waals surface area (Å²) in [5.41, 5.74) is 2.67. The van der Waals surface area contributed by atoms with Gasteiger partial charge in [0.25, 0.3) is 0 Å². The molecule has 3 rings (SSSR count). The van der Waals surface area contributed by atoms with Gasteiger partial charge in [0.15, 0.2) is 0 Å². The van der Waals surface area contributed by atoms with E-state index in [-0.39, 0.29) is 0 Å². The molecule has 1 aliphatic carbocycles. The topological polar surface area (TPSA) is 12.0 Å². The molecule has 0 saturated carbocycles. The van der Waals surface area contributed by atoms with E-state index in [2.05, 4.69) is 23.5 Å². The fraction of sp³-hybridized carbons (Fsp3) is 0.385. The maximum atomic E-state index is 6.20. The van der Waals surface area contributed by atoms with E-state index in [4.69, 9.17) is 11.6 Å². The van der Waals surface area contributed by atoms with Crippen molar-refractivity contribution in [3.05, 3.63) is 40.9 Å². The van der Waals surface area contributed by atoms with Crippen molar-refractivity contribution in [1.29, 1.82) is 0 Å². The lowest BCUT2D eigenvalue weighted by molar-refractivity contribution is 0.536. The summed E-state index contributed by atoms with van der Waals surface area (Å²) in [5, 5.41) is 4.32. The van der Waals surface area contributed by atoms with Crippen LogP contribution in [0.25, 0.3) is 5.57 Å². The van der Waals surface area contributed by atoms with Crippen LogP contribution >= 0.6 is 11.6 Å². The van der Waals surface area contributed by atoms with Gasteiger partial charge in [0.2, 0.25) is 0 Å². The zero-order valence-electron chi connectivity index (χ0n) is 8.54. The second-order valence-corrected chi connectivity index (χ2v) is 4.87. The Hall–Kier alpha value is -0.790. The molecule has 1 aliphatic heterocycles. The van der Waals surface area contributed by atoms with Gasteiger partial charge in [0.1, 0.15) is 0 Å². The molecule has 0 amide bonds. The predicted octanol–water partition coefficient (Wildman–Crippen LogP) is 2.96. The zero-order chi connectivity index (χ0) is 10.3. The third-order valence-corrected chi connectivity index (χ3v) is 3.84. The van der Waals surface area contributed by atoms with Crippen molar-refractivity contribution in [2.24, 2.45) is 11.8 Å². The second-order valence-electron chi connectivity index (χ2n) is 4.46. The molecule has 1 saturated heterocycles. The van der Waals surface area contributed by atoms with Crippen molar-refractivity contribution in [3.8, 4) is 0 Å². The SMILES string of the molecule is Clc1ccccc1C1=CC2CNCC2C1. The monoisotopic (exact) mass is 219 g/mol. The Morgan fingerprint density at radius 3 is 2.87 bits per heavy atom. The lowest BCUT2D eigenvalue weighted by atomic mass is 9.98. The molecule has 78 valence electrons. The normalized spacial score (nSPS) is 29.0. The summed E-state index contributed by atoms with van der Waals surface area (Å²) in [7, 11) is 0. The summed E-state index contributed by atoms with van der Waals surface area (Å²) in [6.45, 7) is 2.30. The maximum Gasteiger partial charge on any atom is 0.0481 e. The van der Waals surface area contributed by atoms with E-state index >= 15 is 0 Å². The Morgan fingerprint density at radius 1 is 1.20 bits per heavy atom. The molecule has 2 atom stereocenters. The van der Waals surface area contributed by atoms with E-state index in [1.165, 1.54) is 17.6 Å². The Kier molecular flexibility index (Phi) is 2.30. The molecule has 15 heavy (non-hydrogen) atoms. The Balaban J connectivity index is 1.93. The van der Waals surface area contributed by atoms with E-state index < -0.39 is 0 Å². The standard InChI is InChI=1S/C13H14ClN/c14-13-4-2-1-3-12(13)9-5-10-7-15-8-11(10)6-9/h1-5,10-11,15H,6-8H2. The van der Waals surface area contributed by atoms with Gasteiger partial charge in [0.05, 0.1) is 0 Å². The average molecular weight is 220 g/mol. The molecule has 1 heterocycles. The van der Waals surface area contributed by atoms with Gasteiger partial charge in [-0.1, -0.05) is 35.9 Å². The fourth-order valence-corrected chi connectivity index (χ4v) is 2.96. The molecule has 1 aromatic rings. The van der Waals surface area contributed by atoms with E-state index in [0.717, 1.165) is 29.9 Å². The number of hydrogen-bond donors (Lipinski definition) is 1. The molecule has 1 nitrogen and oxygen atoms in total. The third kappa shape index (κ3) is 1.60. The first-order valence-corrected chi connectivity index (χ1v) is 5.89. The number of nitrogens with one attached hydrogen (secondary N) is 1. The minimum atomic E-state index is 0.733. The number of allylic oxidation sites excluding steroid dienone is 1.